The van der Waals surface area contributed by atoms with Crippen LogP contribution in [-0.2, 0) is 4.57 Å². The molecule has 4 aromatic heterocycles. The fraction of sp³-hybridized carbons (Fsp3) is 0. The fourth-order valence-electron chi connectivity index (χ4n) is 5.14. The molecule has 7 heteroatoms. The number of fused-ring (bicyclic) bond motifs is 4. The molecule has 8 aromatic rings. The van der Waals surface area contributed by atoms with Crippen LogP contribution in [0.25, 0.3) is 32.6 Å². The number of aromatic nitrogens is 4. The van der Waals surface area contributed by atoms with E-state index in [1.54, 1.807) is 0 Å². The molecule has 0 atom stereocenters. The zero-order valence-corrected chi connectivity index (χ0v) is 24.4. The Morgan fingerprint density at radius 2 is 0.951 bits per heavy atom. The van der Waals surface area contributed by atoms with Crippen LogP contribution in [0.3, 0.4) is 0 Å². The van der Waals surface area contributed by atoms with Crippen LogP contribution in [0.2, 0.25) is 0 Å². The highest BCUT2D eigenvalue weighted by atomic mass is 79.9. The third kappa shape index (κ3) is 4.76. The molecule has 0 aliphatic rings. The van der Waals surface area contributed by atoms with Crippen molar-refractivity contribution in [3.63, 3.8) is 0 Å². The molecule has 0 aliphatic heterocycles. The van der Waals surface area contributed by atoms with Crippen LogP contribution in [0, 0.1) is 0 Å². The summed E-state index contributed by atoms with van der Waals surface area (Å²) in [5, 5.41) is 15.3. The Bertz CT molecular complexity index is 2060. The number of rotatable bonds is 3. The Balaban J connectivity index is 0.000000165. The van der Waals surface area contributed by atoms with Crippen molar-refractivity contribution in [3.05, 3.63) is 150 Å². The summed E-state index contributed by atoms with van der Waals surface area (Å²) in [6, 6.07) is 43.9. The predicted octanol–water partition coefficient (Wildman–Crippen LogP) is 7.38. The first kappa shape index (κ1) is 25.5. The summed E-state index contributed by atoms with van der Waals surface area (Å²) in [4.78, 5) is 0. The minimum Gasteiger partial charge on any atom is -0.307 e. The smallest absolute Gasteiger partial charge is 0.190 e. The molecule has 0 bridgehead atoms. The van der Waals surface area contributed by atoms with Crippen molar-refractivity contribution in [2.75, 3.05) is 0 Å². The summed E-state index contributed by atoms with van der Waals surface area (Å²) >= 11 is 3.37. The molecule has 8 rings (SSSR count). The number of hydrogen-bond acceptors (Lipinski definition) is 3. The summed E-state index contributed by atoms with van der Waals surface area (Å²) in [5.74, 6) is 0. The lowest BCUT2D eigenvalue weighted by molar-refractivity contribution is 0.592. The van der Waals surface area contributed by atoms with Crippen LogP contribution >= 0.6 is 23.1 Å². The molecule has 0 saturated carbocycles. The first-order valence-electron chi connectivity index (χ1n) is 13.2. The molecule has 4 aromatic carbocycles. The van der Waals surface area contributed by atoms with Gasteiger partial charge in [0.25, 0.3) is 0 Å². The zero-order valence-electron chi connectivity index (χ0n) is 21.9. The van der Waals surface area contributed by atoms with Gasteiger partial charge in [-0.1, -0.05) is 109 Å². The molecule has 0 aliphatic carbocycles. The van der Waals surface area contributed by atoms with E-state index in [0.29, 0.717) is 5.44 Å². The molecule has 0 radical (unpaired) electrons. The maximum absolute atomic E-state index is 14.4. The fourth-order valence-corrected chi connectivity index (χ4v) is 8.09. The monoisotopic (exact) mass is 614 g/mol. The average Bonchev–Trinajstić information content (AvgIpc) is 3.61. The lowest BCUT2D eigenvalue weighted by Crippen LogP contribution is -2.26. The highest BCUT2D eigenvalue weighted by Crippen LogP contribution is 2.42. The Labute approximate surface area is 245 Å². The maximum atomic E-state index is 14.4. The Morgan fingerprint density at radius 3 is 1.49 bits per heavy atom. The zero-order chi connectivity index (χ0) is 27.8. The van der Waals surface area contributed by atoms with Gasteiger partial charge in [0.05, 0.1) is 11.0 Å². The second kappa shape index (κ2) is 10.5. The van der Waals surface area contributed by atoms with Gasteiger partial charge in [-0.2, -0.15) is 10.2 Å². The van der Waals surface area contributed by atoms with Gasteiger partial charge in [0.15, 0.2) is 7.14 Å². The largest absolute Gasteiger partial charge is 0.307 e. The maximum Gasteiger partial charge on any atom is 0.190 e. The number of hydrogen-bond donors (Lipinski definition) is 0. The molecule has 0 saturated heterocycles. The second-order valence-corrected chi connectivity index (χ2v) is 13.3. The Morgan fingerprint density at radius 1 is 0.512 bits per heavy atom. The van der Waals surface area contributed by atoms with Gasteiger partial charge in [-0.05, 0) is 51.0 Å². The van der Waals surface area contributed by atoms with Crippen molar-refractivity contribution in [2.45, 2.75) is 0 Å². The van der Waals surface area contributed by atoms with E-state index in [2.05, 4.69) is 57.4 Å². The van der Waals surface area contributed by atoms with Crippen molar-refractivity contribution < 1.29 is 4.57 Å². The van der Waals surface area contributed by atoms with Crippen LogP contribution in [0.4, 0.5) is 0 Å². The van der Waals surface area contributed by atoms with Crippen molar-refractivity contribution in [1.82, 2.24) is 19.2 Å². The first-order chi connectivity index (χ1) is 20.1. The summed E-state index contributed by atoms with van der Waals surface area (Å²) in [6.45, 7) is 0. The minimum absolute atomic E-state index is 0.607. The van der Waals surface area contributed by atoms with Gasteiger partial charge in [0.2, 0.25) is 0 Å². The third-order valence-corrected chi connectivity index (χ3v) is 10.5. The predicted molar refractivity (Wildman–Crippen MR) is 172 cm³/mol. The topological polar surface area (TPSA) is 51.7 Å². The van der Waals surface area contributed by atoms with E-state index in [-0.39, 0.29) is 0 Å². The quantitative estimate of drug-likeness (QED) is 0.195. The van der Waals surface area contributed by atoms with Gasteiger partial charge in [-0.15, -0.1) is 0 Å². The molecule has 0 spiro atoms. The summed E-state index contributed by atoms with van der Waals surface area (Å²) in [7, 11) is -3.05. The van der Waals surface area contributed by atoms with Crippen molar-refractivity contribution in [3.8, 4) is 0 Å². The highest BCUT2D eigenvalue weighted by Gasteiger charge is 2.32. The van der Waals surface area contributed by atoms with E-state index in [4.69, 9.17) is 5.10 Å². The van der Waals surface area contributed by atoms with Gasteiger partial charge >= 0.3 is 0 Å². The lowest BCUT2D eigenvalue weighted by atomic mass is 10.2. The second-order valence-electron chi connectivity index (χ2n) is 9.79. The molecule has 0 unspecified atom stereocenters. The SMILES string of the molecule is Brc1cc2cc3ccccc3cn2n1.O=P(c1ccccc1)(c1ccccc1)c1cc2cc3ccccc3cn2n1. The third-order valence-electron chi connectivity index (χ3n) is 7.17. The average molecular weight is 615 g/mol. The van der Waals surface area contributed by atoms with E-state index in [9.17, 15) is 4.57 Å². The van der Waals surface area contributed by atoms with E-state index >= 15 is 0 Å². The molecule has 198 valence electrons. The van der Waals surface area contributed by atoms with Crippen LogP contribution in [-0.4, -0.2) is 19.2 Å². The Hall–Kier alpha value is -4.51. The van der Waals surface area contributed by atoms with Crippen LogP contribution in [0.5, 0.6) is 0 Å². The van der Waals surface area contributed by atoms with Crippen molar-refractivity contribution in [1.29, 1.82) is 0 Å². The summed E-state index contributed by atoms with van der Waals surface area (Å²) < 4.78 is 19.0. The molecule has 4 heterocycles. The summed E-state index contributed by atoms with van der Waals surface area (Å²) in [6.07, 6.45) is 4.03. The van der Waals surface area contributed by atoms with E-state index in [1.165, 1.54) is 10.8 Å². The molecule has 0 fully saturated rings. The van der Waals surface area contributed by atoms with Gasteiger partial charge in [-0.25, -0.2) is 9.03 Å². The number of halogens is 1. The minimum atomic E-state index is -3.05. The van der Waals surface area contributed by atoms with Crippen LogP contribution in [0.1, 0.15) is 0 Å². The van der Waals surface area contributed by atoms with E-state index < -0.39 is 7.14 Å². The van der Waals surface area contributed by atoms with Gasteiger partial charge in [-0.3, -0.25) is 0 Å². The van der Waals surface area contributed by atoms with Gasteiger partial charge in [0, 0.05) is 33.8 Å². The highest BCUT2D eigenvalue weighted by molar-refractivity contribution is 9.10. The van der Waals surface area contributed by atoms with Crippen LogP contribution in [0.15, 0.2) is 150 Å². The molecular formula is C34H24BrN4OP. The van der Waals surface area contributed by atoms with Crippen LogP contribution < -0.4 is 16.0 Å². The number of nitrogens with zero attached hydrogens (tertiary/aromatic N) is 4. The molecular weight excluding hydrogens is 591 g/mol. The van der Waals surface area contributed by atoms with E-state index in [0.717, 1.165) is 37.0 Å². The number of pyridine rings is 2. The molecule has 5 nitrogen and oxygen atoms in total. The van der Waals surface area contributed by atoms with Crippen molar-refractivity contribution >= 4 is 71.7 Å². The number of benzene rings is 4. The Kier molecular flexibility index (Phi) is 6.50. The molecule has 0 N–H and O–H groups in total. The normalized spacial score (nSPS) is 11.6. The van der Waals surface area contributed by atoms with Gasteiger partial charge < -0.3 is 4.57 Å². The van der Waals surface area contributed by atoms with Gasteiger partial charge in [0.1, 0.15) is 10.0 Å². The summed E-state index contributed by atoms with van der Waals surface area (Å²) in [5.41, 5.74) is 2.65. The molecule has 0 amide bonds. The van der Waals surface area contributed by atoms with E-state index in [1.807, 2.05) is 118 Å². The standard InChI is InChI=1S/C23H17N2OP.C11H7BrN2/c26-27(21-11-3-1-4-12-21,22-13-5-2-6-14-22)23-16-20-15-18-9-7-8-10-19(18)17-25(20)24-23;12-11-6-10-5-8-3-1-2-4-9(8)7-14(10)13-11/h1-17H;1-7H. The van der Waals surface area contributed by atoms with Crippen molar-refractivity contribution in [2.24, 2.45) is 0 Å². The lowest BCUT2D eigenvalue weighted by Gasteiger charge is -2.16. The molecule has 41 heavy (non-hydrogen) atoms. The first-order valence-corrected chi connectivity index (χ1v) is 15.7.